The van der Waals surface area contributed by atoms with Gasteiger partial charge in [0.2, 0.25) is 0 Å². The fourth-order valence-electron chi connectivity index (χ4n) is 7.64. The second kappa shape index (κ2) is 7.80. The molecule has 5 unspecified atom stereocenters. The second-order valence-corrected chi connectivity index (χ2v) is 11.3. The second-order valence-electron chi connectivity index (χ2n) is 10.5. The minimum atomic E-state index is -0.112. The number of benzene rings is 1. The van der Waals surface area contributed by atoms with Crippen molar-refractivity contribution in [1.29, 1.82) is 0 Å². The predicted octanol–water partition coefficient (Wildman–Crippen LogP) is 5.95. The van der Waals surface area contributed by atoms with Crippen LogP contribution in [0.25, 0.3) is 16.5 Å². The summed E-state index contributed by atoms with van der Waals surface area (Å²) in [5, 5.41) is 18.1. The zero-order valence-corrected chi connectivity index (χ0v) is 19.4. The predicted molar refractivity (Wildman–Crippen MR) is 127 cm³/mol. The van der Waals surface area contributed by atoms with Crippen LogP contribution in [0, 0.1) is 28.6 Å². The van der Waals surface area contributed by atoms with Gasteiger partial charge in [0, 0.05) is 5.39 Å². The fraction of sp³-hybridized carbons (Fsp3) is 0.577. The monoisotopic (exact) mass is 438 g/mol. The lowest BCUT2D eigenvalue weighted by Crippen LogP contribution is -2.49. The summed E-state index contributed by atoms with van der Waals surface area (Å²) in [6, 6.07) is 8.64. The molecule has 0 saturated heterocycles. The third kappa shape index (κ3) is 3.08. The third-order valence-electron chi connectivity index (χ3n) is 9.29. The van der Waals surface area contributed by atoms with Crippen LogP contribution in [-0.2, 0) is 0 Å². The molecule has 4 N–H and O–H groups in total. The molecule has 6 atom stereocenters. The molecule has 0 amide bonds. The summed E-state index contributed by atoms with van der Waals surface area (Å²) in [4.78, 5) is 1.42. The van der Waals surface area contributed by atoms with E-state index in [0.717, 1.165) is 36.1 Å². The molecule has 5 heteroatoms. The summed E-state index contributed by atoms with van der Waals surface area (Å²) < 4.78 is 4.75. The van der Waals surface area contributed by atoms with Gasteiger partial charge in [0.25, 0.3) is 0 Å². The molecule has 2 aromatic rings. The normalized spacial score (nSPS) is 38.9. The van der Waals surface area contributed by atoms with Crippen LogP contribution in [0.5, 0.6) is 0 Å². The minimum Gasteiger partial charge on any atom is -0.393 e. The Hall–Kier alpha value is -1.53. The first-order chi connectivity index (χ1) is 15.0. The summed E-state index contributed by atoms with van der Waals surface area (Å²) in [6.45, 7) is 5.07. The SMILES string of the molecule is CC12CCC(O)CC1=CCC1C2CC[C@]2(C)C(c3snc4ccccc34)=CCC12.NO. The molecule has 1 aromatic carbocycles. The van der Waals surface area contributed by atoms with Crippen LogP contribution >= 0.6 is 11.5 Å². The van der Waals surface area contributed by atoms with E-state index in [1.807, 2.05) is 0 Å². The van der Waals surface area contributed by atoms with Crippen LogP contribution in [0.4, 0.5) is 0 Å². The molecule has 1 aromatic heterocycles. The molecular weight excluding hydrogens is 404 g/mol. The van der Waals surface area contributed by atoms with Crippen molar-refractivity contribution >= 4 is 28.0 Å². The van der Waals surface area contributed by atoms with E-state index >= 15 is 0 Å². The number of fused-ring (bicyclic) bond motifs is 6. The number of allylic oxidation sites excluding steroid dienone is 3. The highest BCUT2D eigenvalue weighted by Gasteiger charge is 2.57. The standard InChI is InChI=1S/C26H31NOS.H3NO/c1-25-13-11-17(28)15-16(25)7-8-18-20-9-10-22(26(20,2)14-12-21(18)25)24-19-5-3-4-6-23(19)27-29-24;1-2/h3-7,10,17-18,20-21,28H,8-9,11-15H2,1-2H3;2H,1H2/t17?,18?,20?,21?,25?,26-;/m0./s1. The molecule has 1 heterocycles. The third-order valence-corrected chi connectivity index (χ3v) is 10.2. The van der Waals surface area contributed by atoms with Crippen LogP contribution in [0.2, 0.25) is 0 Å². The number of aliphatic hydroxyl groups excluding tert-OH is 1. The largest absolute Gasteiger partial charge is 0.393 e. The molecule has 31 heavy (non-hydrogen) atoms. The molecule has 2 fully saturated rings. The molecule has 4 aliphatic rings. The molecule has 0 spiro atoms. The van der Waals surface area contributed by atoms with Gasteiger partial charge in [-0.15, -0.1) is 0 Å². The summed E-state index contributed by atoms with van der Waals surface area (Å²) in [5.41, 5.74) is 4.91. The van der Waals surface area contributed by atoms with Gasteiger partial charge in [-0.25, -0.2) is 5.90 Å². The van der Waals surface area contributed by atoms with Crippen molar-refractivity contribution in [3.8, 4) is 0 Å². The summed E-state index contributed by atoms with van der Waals surface area (Å²) >= 11 is 1.70. The fourth-order valence-corrected chi connectivity index (χ4v) is 8.68. The number of nitrogens with zero attached hydrogens (tertiary/aromatic N) is 1. The zero-order chi connectivity index (χ0) is 21.8. The van der Waals surface area contributed by atoms with E-state index < -0.39 is 0 Å². The summed E-state index contributed by atoms with van der Waals surface area (Å²) in [5.74, 6) is 5.82. The Morgan fingerprint density at radius 2 is 1.77 bits per heavy atom. The van der Waals surface area contributed by atoms with Gasteiger partial charge in [-0.2, -0.15) is 4.37 Å². The van der Waals surface area contributed by atoms with E-state index in [1.165, 1.54) is 42.4 Å². The average molecular weight is 439 g/mol. The Bertz CT molecular complexity index is 1040. The molecular formula is C26H34N2O2S. The molecule has 2 saturated carbocycles. The Balaban J connectivity index is 0.000000994. The van der Waals surface area contributed by atoms with Crippen molar-refractivity contribution in [2.45, 2.75) is 64.9 Å². The quantitative estimate of drug-likeness (QED) is 0.380. The highest BCUT2D eigenvalue weighted by Crippen LogP contribution is 2.66. The summed E-state index contributed by atoms with van der Waals surface area (Å²) in [7, 11) is 0. The Kier molecular flexibility index (Phi) is 5.37. The van der Waals surface area contributed by atoms with Crippen molar-refractivity contribution in [2.24, 2.45) is 34.5 Å². The van der Waals surface area contributed by atoms with Gasteiger partial charge in [0.1, 0.15) is 0 Å². The van der Waals surface area contributed by atoms with Crippen LogP contribution in [0.3, 0.4) is 0 Å². The van der Waals surface area contributed by atoms with Gasteiger partial charge in [0.15, 0.2) is 0 Å². The number of aliphatic hydroxyl groups is 1. The maximum Gasteiger partial charge on any atom is 0.0847 e. The van der Waals surface area contributed by atoms with E-state index in [-0.39, 0.29) is 11.5 Å². The first-order valence-electron chi connectivity index (χ1n) is 11.7. The van der Waals surface area contributed by atoms with E-state index in [1.54, 1.807) is 22.7 Å². The molecule has 166 valence electrons. The van der Waals surface area contributed by atoms with E-state index in [4.69, 9.17) is 9.58 Å². The topological polar surface area (TPSA) is 79.4 Å². The van der Waals surface area contributed by atoms with Crippen molar-refractivity contribution in [3.63, 3.8) is 0 Å². The number of aromatic nitrogens is 1. The maximum absolute atomic E-state index is 10.2. The van der Waals surface area contributed by atoms with Crippen LogP contribution in [-0.4, -0.2) is 20.8 Å². The Morgan fingerprint density at radius 1 is 1.00 bits per heavy atom. The Morgan fingerprint density at radius 3 is 2.61 bits per heavy atom. The molecule has 0 aliphatic heterocycles. The van der Waals surface area contributed by atoms with Gasteiger partial charge in [-0.1, -0.05) is 49.8 Å². The number of rotatable bonds is 1. The molecule has 0 radical (unpaired) electrons. The zero-order valence-electron chi connectivity index (χ0n) is 18.6. The van der Waals surface area contributed by atoms with Gasteiger partial charge in [0.05, 0.1) is 16.5 Å². The van der Waals surface area contributed by atoms with Gasteiger partial charge >= 0.3 is 0 Å². The molecule has 6 rings (SSSR count). The van der Waals surface area contributed by atoms with Gasteiger partial charge in [-0.3, -0.25) is 0 Å². The molecule has 4 aliphatic carbocycles. The van der Waals surface area contributed by atoms with Crippen molar-refractivity contribution in [3.05, 3.63) is 46.9 Å². The lowest BCUT2D eigenvalue weighted by atomic mass is 9.47. The number of hydrogen-bond acceptors (Lipinski definition) is 5. The van der Waals surface area contributed by atoms with Gasteiger partial charge in [-0.05, 0) is 96.7 Å². The van der Waals surface area contributed by atoms with E-state index in [9.17, 15) is 5.11 Å². The van der Waals surface area contributed by atoms with Crippen molar-refractivity contribution < 1.29 is 10.3 Å². The first-order valence-corrected chi connectivity index (χ1v) is 12.5. The van der Waals surface area contributed by atoms with Crippen LogP contribution in [0.15, 0.2) is 42.0 Å². The highest BCUT2D eigenvalue weighted by atomic mass is 32.1. The van der Waals surface area contributed by atoms with Crippen molar-refractivity contribution in [2.75, 3.05) is 0 Å². The van der Waals surface area contributed by atoms with Crippen LogP contribution < -0.4 is 5.90 Å². The molecule has 4 nitrogen and oxygen atoms in total. The number of hydrogen-bond donors (Lipinski definition) is 3. The highest BCUT2D eigenvalue weighted by molar-refractivity contribution is 7.08. The minimum absolute atomic E-state index is 0.112. The first kappa shape index (κ1) is 21.3. The lowest BCUT2D eigenvalue weighted by molar-refractivity contribution is -0.0237. The van der Waals surface area contributed by atoms with Crippen molar-refractivity contribution in [1.82, 2.24) is 4.37 Å². The van der Waals surface area contributed by atoms with Crippen LogP contribution in [0.1, 0.15) is 63.7 Å². The smallest absolute Gasteiger partial charge is 0.0847 e. The maximum atomic E-state index is 10.2. The summed E-state index contributed by atoms with van der Waals surface area (Å²) in [6.07, 6.45) is 13.1. The lowest BCUT2D eigenvalue weighted by Gasteiger charge is -2.57. The Labute approximate surface area is 189 Å². The molecule has 0 bridgehead atoms. The number of nitrogens with two attached hydrogens (primary N) is 1. The van der Waals surface area contributed by atoms with E-state index in [0.29, 0.717) is 5.41 Å². The van der Waals surface area contributed by atoms with Gasteiger partial charge < -0.3 is 10.3 Å². The average Bonchev–Trinajstić information content (AvgIpc) is 3.36. The van der Waals surface area contributed by atoms with E-state index in [2.05, 4.69) is 56.2 Å².